The number of piperidine rings is 1. The van der Waals surface area contributed by atoms with Crippen molar-refractivity contribution in [3.8, 4) is 11.5 Å². The molecule has 7 rings (SSSR count). The Labute approximate surface area is 237 Å². The Morgan fingerprint density at radius 2 is 1.90 bits per heavy atom. The highest BCUT2D eigenvalue weighted by atomic mass is 16.5. The second-order valence-corrected chi connectivity index (χ2v) is 13.8. The Bertz CT molecular complexity index is 1450. The van der Waals surface area contributed by atoms with Crippen LogP contribution in [0.15, 0.2) is 30.3 Å². The third-order valence-corrected chi connectivity index (χ3v) is 11.8. The van der Waals surface area contributed by atoms with Gasteiger partial charge < -0.3 is 24.3 Å². The molecule has 6 nitrogen and oxygen atoms in total. The van der Waals surface area contributed by atoms with Crippen molar-refractivity contribution >= 4 is 12.0 Å². The number of likely N-dealkylation sites (tertiary alicyclic amines) is 1. The summed E-state index contributed by atoms with van der Waals surface area (Å²) in [5, 5.41) is 23.8. The van der Waals surface area contributed by atoms with E-state index >= 15 is 0 Å². The standard InChI is InChI=1S/C34H42N2O4/c1-20-6-9-24(22(3)21(20)2)11-13-29(38)35(4)26-14-15-34(39)28-18-25-10-12-27(37)31-30(25)33(34,32(26)40-31)16-17-36(28,5)19-23-7-8-23/h6,9-13,23,26,28,32,39H,7-8,14-19H2,1-5H3/p+1/b13-11+/t26-,28-,32-,33-,34+,36?/m0/s1. The number of benzene rings is 2. The van der Waals surface area contributed by atoms with Crippen molar-refractivity contribution in [2.75, 3.05) is 27.2 Å². The molecule has 6 heteroatoms. The van der Waals surface area contributed by atoms with E-state index in [4.69, 9.17) is 4.74 Å². The molecule has 40 heavy (non-hydrogen) atoms. The molecule has 2 bridgehead atoms. The minimum atomic E-state index is -0.932. The first kappa shape index (κ1) is 26.1. The lowest BCUT2D eigenvalue weighted by molar-refractivity contribution is -0.950. The quantitative estimate of drug-likeness (QED) is 0.428. The molecule has 1 saturated heterocycles. The second kappa shape index (κ2) is 8.59. The first-order valence-electron chi connectivity index (χ1n) is 15.1. The number of hydrogen-bond donors (Lipinski definition) is 2. The summed E-state index contributed by atoms with van der Waals surface area (Å²) in [6.45, 7) is 8.43. The predicted octanol–water partition coefficient (Wildman–Crippen LogP) is 4.57. The molecule has 1 unspecified atom stereocenters. The van der Waals surface area contributed by atoms with Gasteiger partial charge in [0.25, 0.3) is 0 Å². The first-order valence-corrected chi connectivity index (χ1v) is 15.1. The van der Waals surface area contributed by atoms with Gasteiger partial charge >= 0.3 is 0 Å². The van der Waals surface area contributed by atoms with Gasteiger partial charge in [-0.25, -0.2) is 0 Å². The van der Waals surface area contributed by atoms with Crippen LogP contribution in [0.3, 0.4) is 0 Å². The average Bonchev–Trinajstić information content (AvgIpc) is 3.66. The highest BCUT2D eigenvalue weighted by Gasteiger charge is 2.76. The second-order valence-electron chi connectivity index (χ2n) is 13.8. The lowest BCUT2D eigenvalue weighted by Gasteiger charge is -2.66. The van der Waals surface area contributed by atoms with Crippen molar-refractivity contribution in [2.45, 2.75) is 88.5 Å². The minimum Gasteiger partial charge on any atom is -0.504 e. The number of phenols is 1. The Balaban J connectivity index is 1.25. The Hall–Kier alpha value is -2.83. The summed E-state index contributed by atoms with van der Waals surface area (Å²) in [5.74, 6) is 1.38. The van der Waals surface area contributed by atoms with E-state index in [1.54, 1.807) is 12.1 Å². The summed E-state index contributed by atoms with van der Waals surface area (Å²) in [6, 6.07) is 7.87. The van der Waals surface area contributed by atoms with E-state index in [1.807, 2.05) is 24.1 Å². The topological polar surface area (TPSA) is 70.0 Å². The van der Waals surface area contributed by atoms with E-state index in [9.17, 15) is 15.0 Å². The maximum Gasteiger partial charge on any atom is 0.246 e. The fourth-order valence-electron chi connectivity index (χ4n) is 9.13. The molecule has 2 saturated carbocycles. The number of amides is 1. The van der Waals surface area contributed by atoms with E-state index in [0.717, 1.165) is 47.5 Å². The molecule has 5 aliphatic rings. The number of carbonyl (C=O) groups is 1. The van der Waals surface area contributed by atoms with Crippen LogP contribution >= 0.6 is 0 Å². The van der Waals surface area contributed by atoms with Gasteiger partial charge in [-0.1, -0.05) is 18.2 Å². The number of phenolic OH excluding ortho intramolecular Hbond substituents is 1. The fraction of sp³-hybridized carbons (Fsp3) is 0.559. The number of hydrogen-bond acceptors (Lipinski definition) is 4. The molecule has 1 amide bonds. The maximum atomic E-state index is 13.6. The molecule has 3 aliphatic carbocycles. The van der Waals surface area contributed by atoms with Crippen molar-refractivity contribution in [1.82, 2.24) is 4.90 Å². The van der Waals surface area contributed by atoms with Crippen molar-refractivity contribution in [1.29, 1.82) is 0 Å². The van der Waals surface area contributed by atoms with Crippen LogP contribution in [0.25, 0.3) is 6.08 Å². The molecule has 2 N–H and O–H groups in total. The van der Waals surface area contributed by atoms with Gasteiger partial charge in [-0.05, 0) is 86.4 Å². The largest absolute Gasteiger partial charge is 0.504 e. The van der Waals surface area contributed by atoms with Gasteiger partial charge in [0.1, 0.15) is 17.7 Å². The van der Waals surface area contributed by atoms with Gasteiger partial charge in [0.05, 0.1) is 31.6 Å². The SMILES string of the molecule is Cc1ccc(/C=C/C(=O)N(C)[C@H]2CC[C@@]3(O)[C@@H]4Cc5ccc(O)c6c5[C@@]3(CC[N+]4(C)CC3CC3)[C@H]2O6)c(C)c1C. The number of aromatic hydroxyl groups is 1. The van der Waals surface area contributed by atoms with E-state index in [-0.39, 0.29) is 23.7 Å². The lowest BCUT2D eigenvalue weighted by atomic mass is 9.47. The summed E-state index contributed by atoms with van der Waals surface area (Å²) in [5.41, 5.74) is 5.40. The number of nitrogens with zero attached hydrogens (tertiary/aromatic N) is 2. The third-order valence-electron chi connectivity index (χ3n) is 11.8. The predicted molar refractivity (Wildman–Crippen MR) is 155 cm³/mol. The van der Waals surface area contributed by atoms with E-state index in [0.29, 0.717) is 18.6 Å². The molecule has 2 aromatic rings. The molecular formula is C34H43N2O4+. The molecule has 3 fully saturated rings. The number of ether oxygens (including phenoxy) is 1. The van der Waals surface area contributed by atoms with Crippen LogP contribution in [-0.2, 0) is 16.6 Å². The Morgan fingerprint density at radius 3 is 2.65 bits per heavy atom. The number of carbonyl (C=O) groups excluding carboxylic acids is 1. The number of aliphatic hydroxyl groups is 1. The van der Waals surface area contributed by atoms with E-state index in [2.05, 4.69) is 40.0 Å². The summed E-state index contributed by atoms with van der Waals surface area (Å²) in [6.07, 6.45) is 8.71. The molecule has 1 spiro atoms. The van der Waals surface area contributed by atoms with Crippen LogP contribution in [0.1, 0.15) is 65.5 Å². The summed E-state index contributed by atoms with van der Waals surface area (Å²) >= 11 is 0. The van der Waals surface area contributed by atoms with Crippen LogP contribution in [0.2, 0.25) is 0 Å². The smallest absolute Gasteiger partial charge is 0.246 e. The third kappa shape index (κ3) is 3.38. The number of aryl methyl sites for hydroxylation is 1. The molecule has 2 heterocycles. The minimum absolute atomic E-state index is 0.0639. The van der Waals surface area contributed by atoms with Gasteiger partial charge in [-0.15, -0.1) is 0 Å². The average molecular weight is 544 g/mol. The van der Waals surface area contributed by atoms with Crippen molar-refractivity contribution < 1.29 is 24.2 Å². The van der Waals surface area contributed by atoms with Gasteiger partial charge in [0.15, 0.2) is 11.5 Å². The number of rotatable bonds is 5. The van der Waals surface area contributed by atoms with Gasteiger partial charge in [0, 0.05) is 37.4 Å². The highest BCUT2D eigenvalue weighted by Crippen LogP contribution is 2.66. The van der Waals surface area contributed by atoms with Crippen molar-refractivity contribution in [3.63, 3.8) is 0 Å². The molecule has 0 aromatic heterocycles. The normalized spacial score (nSPS) is 35.4. The molecule has 6 atom stereocenters. The summed E-state index contributed by atoms with van der Waals surface area (Å²) in [7, 11) is 4.22. The van der Waals surface area contributed by atoms with Crippen LogP contribution in [-0.4, -0.2) is 76.5 Å². The zero-order valence-corrected chi connectivity index (χ0v) is 24.5. The van der Waals surface area contributed by atoms with Crippen molar-refractivity contribution in [3.05, 3.63) is 63.7 Å². The lowest BCUT2D eigenvalue weighted by Crippen LogP contribution is -2.82. The molecular weight excluding hydrogens is 500 g/mol. The molecule has 2 aliphatic heterocycles. The van der Waals surface area contributed by atoms with Gasteiger partial charge in [-0.2, -0.15) is 0 Å². The summed E-state index contributed by atoms with van der Waals surface area (Å²) < 4.78 is 7.60. The number of likely N-dealkylation sites (N-methyl/N-ethyl adjacent to an activating group) is 2. The summed E-state index contributed by atoms with van der Waals surface area (Å²) in [4.78, 5) is 15.4. The Kier molecular flexibility index (Phi) is 5.60. The van der Waals surface area contributed by atoms with E-state index < -0.39 is 17.1 Å². The van der Waals surface area contributed by atoms with Crippen LogP contribution in [0.5, 0.6) is 11.5 Å². The number of quaternary nitrogens is 1. The molecule has 2 aromatic carbocycles. The van der Waals surface area contributed by atoms with Crippen LogP contribution in [0, 0.1) is 26.7 Å². The van der Waals surface area contributed by atoms with Crippen LogP contribution in [0.4, 0.5) is 0 Å². The Morgan fingerprint density at radius 1 is 1.12 bits per heavy atom. The highest BCUT2D eigenvalue weighted by molar-refractivity contribution is 5.92. The van der Waals surface area contributed by atoms with E-state index in [1.165, 1.54) is 35.1 Å². The van der Waals surface area contributed by atoms with Crippen molar-refractivity contribution in [2.24, 2.45) is 5.92 Å². The van der Waals surface area contributed by atoms with Gasteiger partial charge in [-0.3, -0.25) is 4.79 Å². The van der Waals surface area contributed by atoms with Gasteiger partial charge in [0.2, 0.25) is 5.91 Å². The zero-order valence-electron chi connectivity index (χ0n) is 24.5. The fourth-order valence-corrected chi connectivity index (χ4v) is 9.13. The maximum absolute atomic E-state index is 13.6. The zero-order chi connectivity index (χ0) is 28.2. The monoisotopic (exact) mass is 543 g/mol. The first-order chi connectivity index (χ1) is 19.0. The molecule has 212 valence electrons. The van der Waals surface area contributed by atoms with Crippen LogP contribution < -0.4 is 4.74 Å². The molecule has 0 radical (unpaired) electrons.